The summed E-state index contributed by atoms with van der Waals surface area (Å²) < 4.78 is 0.740. The highest BCUT2D eigenvalue weighted by molar-refractivity contribution is 8.07. The maximum Gasteiger partial charge on any atom is 0.353 e. The Morgan fingerprint density at radius 2 is 1.27 bits per heavy atom. The number of carboxylic acid groups (broad SMARTS) is 1. The lowest BCUT2D eigenvalue weighted by Crippen LogP contribution is -2.71. The molecular formula is C55H46N8O5S5. The van der Waals surface area contributed by atoms with Gasteiger partial charge in [0.05, 0.1) is 33.5 Å². The number of hydrogen-bond acceptors (Lipinski definition) is 13. The molecule has 13 nitrogen and oxygen atoms in total. The van der Waals surface area contributed by atoms with Crippen LogP contribution in [-0.2, 0) is 36.9 Å². The first-order valence-electron chi connectivity index (χ1n) is 23.0. The molecule has 0 bridgehead atoms. The molecule has 10 rings (SSSR count). The number of nitrogens with two attached hydrogens (primary N) is 1. The second kappa shape index (κ2) is 21.9. The van der Waals surface area contributed by atoms with Crippen LogP contribution in [-0.4, -0.2) is 71.7 Å². The van der Waals surface area contributed by atoms with Gasteiger partial charge in [-0.3, -0.25) is 19.5 Å². The molecule has 4 heterocycles. The predicted molar refractivity (Wildman–Crippen MR) is 294 cm³/mol. The molecule has 6 N–H and O–H groups in total. The fourth-order valence-corrected chi connectivity index (χ4v) is 13.6. The Morgan fingerprint density at radius 1 is 0.781 bits per heavy atom. The number of nitrogens with zero attached hydrogens (tertiary/aromatic N) is 4. The highest BCUT2D eigenvalue weighted by Crippen LogP contribution is 2.47. The van der Waals surface area contributed by atoms with Crippen LogP contribution >= 0.6 is 58.8 Å². The number of thiocarbonyl (C=S) groups is 1. The van der Waals surface area contributed by atoms with Crippen LogP contribution in [0.1, 0.15) is 39.1 Å². The maximum absolute atomic E-state index is 15.5. The molecule has 366 valence electrons. The number of amides is 2. The number of carbonyl (C=O) groups is 3. The van der Waals surface area contributed by atoms with Gasteiger partial charge < -0.3 is 26.3 Å². The van der Waals surface area contributed by atoms with E-state index in [0.717, 1.165) is 37.6 Å². The average molecular weight is 1060 g/mol. The first-order chi connectivity index (χ1) is 35.7. The molecule has 7 aromatic rings. The number of aliphatic carboxylic acids is 1. The van der Waals surface area contributed by atoms with Gasteiger partial charge in [-0.15, -0.1) is 34.9 Å². The van der Waals surface area contributed by atoms with E-state index in [2.05, 4.69) is 57.4 Å². The standard InChI is InChI=1S/C55H46N8O5S5/c56-53(69)57-31-42-52(72-34-58-42)73-44-33-71-50-46(49(65)63(50)47(44)51(66)67)59-48(64)45(60-68-55(39-25-13-4-14-26-39,40-27-15-5-16-28-40)41-29-17-6-18-30-41)43-32-70-35-62(43)61-54(36-19-7-1-8-20-36,37-21-9-2-10-22-37)38-23-11-3-12-24-38/h1-30,32,34,46,50,61H,31,33,35H2,(H,59,64)(H,66,67)(H3,56,57,69)/b60-45-/t46-,50-/m1/s1. The van der Waals surface area contributed by atoms with Crippen LogP contribution in [0.15, 0.2) is 219 Å². The second-order valence-corrected chi connectivity index (χ2v) is 21.4. The van der Waals surface area contributed by atoms with Crippen molar-refractivity contribution in [2.24, 2.45) is 10.9 Å². The quantitative estimate of drug-likeness (QED) is 0.0181. The summed E-state index contributed by atoms with van der Waals surface area (Å²) in [5.41, 5.74) is 14.7. The highest BCUT2D eigenvalue weighted by Gasteiger charge is 2.55. The van der Waals surface area contributed by atoms with Gasteiger partial charge in [0.1, 0.15) is 22.7 Å². The summed E-state index contributed by atoms with van der Waals surface area (Å²) in [4.78, 5) is 56.1. The van der Waals surface area contributed by atoms with E-state index in [4.69, 9.17) is 27.9 Å². The first-order valence-corrected chi connectivity index (χ1v) is 27.2. The summed E-state index contributed by atoms with van der Waals surface area (Å²) in [6.45, 7) is 0.258. The number of carbonyl (C=O) groups excluding carboxylic acids is 2. The van der Waals surface area contributed by atoms with Crippen LogP contribution in [0.5, 0.6) is 0 Å². The first kappa shape index (κ1) is 49.4. The number of fused-ring (bicyclic) bond motifs is 1. The molecular weight excluding hydrogens is 1010 g/mol. The summed E-state index contributed by atoms with van der Waals surface area (Å²) >= 11 is 10.4. The van der Waals surface area contributed by atoms with Crippen molar-refractivity contribution in [3.05, 3.63) is 248 Å². The van der Waals surface area contributed by atoms with Crippen LogP contribution in [0.3, 0.4) is 0 Å². The van der Waals surface area contributed by atoms with Crippen molar-refractivity contribution in [3.8, 4) is 0 Å². The fraction of sp³-hybridized carbons (Fsp3) is 0.127. The fourth-order valence-electron chi connectivity index (χ4n) is 9.18. The molecule has 0 aliphatic carbocycles. The minimum absolute atomic E-state index is 0.110. The van der Waals surface area contributed by atoms with Crippen LogP contribution < -0.4 is 21.8 Å². The molecule has 2 atom stereocenters. The van der Waals surface area contributed by atoms with Crippen LogP contribution in [0.25, 0.3) is 0 Å². The number of β-lactam (4-membered cyclic amide) rings is 1. The third kappa shape index (κ3) is 9.77. The molecule has 6 aromatic carbocycles. The zero-order valence-corrected chi connectivity index (χ0v) is 42.8. The zero-order valence-electron chi connectivity index (χ0n) is 38.7. The number of hydrogen-bond donors (Lipinski definition) is 5. The zero-order chi connectivity index (χ0) is 50.4. The Hall–Kier alpha value is -7.19. The lowest BCUT2D eigenvalue weighted by atomic mass is 9.77. The molecule has 73 heavy (non-hydrogen) atoms. The van der Waals surface area contributed by atoms with Gasteiger partial charge in [-0.1, -0.05) is 199 Å². The number of hydrazine groups is 1. The Bertz CT molecular complexity index is 3030. The summed E-state index contributed by atoms with van der Waals surface area (Å²) in [7, 11) is 0. The molecule has 18 heteroatoms. The SMILES string of the molecule is NC(=S)NCc1ncsc1SC1=C(C(=O)O)N2C(=O)[C@@H](NC(=O)/C(=N\OC(c3ccccc3)(c3ccccc3)c3ccccc3)C3=CSCN3NC(c3ccccc3)(c3ccccc3)c3ccccc3)[C@H]2SC1. The van der Waals surface area contributed by atoms with Gasteiger partial charge in [0.15, 0.2) is 10.8 Å². The summed E-state index contributed by atoms with van der Waals surface area (Å²) in [5.74, 6) is -1.93. The number of carboxylic acids is 1. The van der Waals surface area contributed by atoms with E-state index in [1.54, 1.807) is 5.51 Å². The predicted octanol–water partition coefficient (Wildman–Crippen LogP) is 8.97. The van der Waals surface area contributed by atoms with Crippen molar-refractivity contribution >= 4 is 87.4 Å². The van der Waals surface area contributed by atoms with Crippen molar-refractivity contribution in [1.29, 1.82) is 0 Å². The minimum Gasteiger partial charge on any atom is -0.477 e. The molecule has 0 spiro atoms. The largest absolute Gasteiger partial charge is 0.477 e. The molecule has 0 radical (unpaired) electrons. The lowest BCUT2D eigenvalue weighted by Gasteiger charge is -2.49. The van der Waals surface area contributed by atoms with E-state index in [0.29, 0.717) is 22.2 Å². The second-order valence-electron chi connectivity index (χ2n) is 16.8. The van der Waals surface area contributed by atoms with Gasteiger partial charge in [0, 0.05) is 32.8 Å². The Labute approximate surface area is 444 Å². The van der Waals surface area contributed by atoms with Crippen molar-refractivity contribution in [1.82, 2.24) is 31.0 Å². The number of benzene rings is 6. The van der Waals surface area contributed by atoms with E-state index in [1.807, 2.05) is 156 Å². The molecule has 0 saturated carbocycles. The number of thiazole rings is 1. The number of nitrogens with one attached hydrogen (secondary N) is 3. The minimum atomic E-state index is -1.37. The van der Waals surface area contributed by atoms with Crippen LogP contribution in [0.2, 0.25) is 0 Å². The Balaban J connectivity index is 1.06. The topological polar surface area (TPSA) is 175 Å². The molecule has 0 unspecified atom stereocenters. The van der Waals surface area contributed by atoms with Gasteiger partial charge in [-0.25, -0.2) is 15.2 Å². The molecule has 2 amide bonds. The van der Waals surface area contributed by atoms with Crippen molar-refractivity contribution in [3.63, 3.8) is 0 Å². The highest BCUT2D eigenvalue weighted by atomic mass is 32.2. The molecule has 3 aliphatic rings. The van der Waals surface area contributed by atoms with E-state index in [9.17, 15) is 14.7 Å². The lowest BCUT2D eigenvalue weighted by molar-refractivity contribution is -0.150. The van der Waals surface area contributed by atoms with Crippen LogP contribution in [0, 0.1) is 0 Å². The van der Waals surface area contributed by atoms with Crippen molar-refractivity contribution in [2.45, 2.75) is 33.3 Å². The van der Waals surface area contributed by atoms with E-state index in [1.165, 1.54) is 51.5 Å². The van der Waals surface area contributed by atoms with Gasteiger partial charge in [0.25, 0.3) is 11.8 Å². The third-order valence-electron chi connectivity index (χ3n) is 12.6. The maximum atomic E-state index is 15.5. The van der Waals surface area contributed by atoms with Gasteiger partial charge in [-0.05, 0) is 28.9 Å². The number of aromatic nitrogens is 1. The summed E-state index contributed by atoms with van der Waals surface area (Å²) in [6, 6.07) is 58.4. The average Bonchev–Trinajstić information content (AvgIpc) is 4.10. The molecule has 1 aromatic heterocycles. The number of rotatable bonds is 18. The third-order valence-corrected chi connectivity index (χ3v) is 17.2. The van der Waals surface area contributed by atoms with E-state index in [-0.39, 0.29) is 28.8 Å². The monoisotopic (exact) mass is 1060 g/mol. The molecule has 1 saturated heterocycles. The normalized spacial score (nSPS) is 16.8. The van der Waals surface area contributed by atoms with Crippen molar-refractivity contribution in [2.75, 3.05) is 11.6 Å². The molecule has 1 fully saturated rings. The Morgan fingerprint density at radius 3 is 1.75 bits per heavy atom. The summed E-state index contributed by atoms with van der Waals surface area (Å²) in [5, 5.41) is 24.6. The number of thioether (sulfide) groups is 3. The van der Waals surface area contributed by atoms with Crippen molar-refractivity contribution < 1.29 is 24.3 Å². The Kier molecular flexibility index (Phi) is 14.8. The van der Waals surface area contributed by atoms with Crippen LogP contribution in [0.4, 0.5) is 0 Å². The van der Waals surface area contributed by atoms with Gasteiger partial charge in [-0.2, -0.15) is 0 Å². The van der Waals surface area contributed by atoms with Gasteiger partial charge >= 0.3 is 5.97 Å². The molecule has 3 aliphatic heterocycles. The van der Waals surface area contributed by atoms with Gasteiger partial charge in [0.2, 0.25) is 5.60 Å². The number of oxime groups is 1. The smallest absolute Gasteiger partial charge is 0.353 e. The van der Waals surface area contributed by atoms with E-state index < -0.39 is 40.3 Å². The van der Waals surface area contributed by atoms with E-state index >= 15 is 4.79 Å². The summed E-state index contributed by atoms with van der Waals surface area (Å²) in [6.07, 6.45) is 0.